The Morgan fingerprint density at radius 1 is 1.64 bits per heavy atom. The van der Waals surface area contributed by atoms with Crippen molar-refractivity contribution in [2.45, 2.75) is 6.54 Å². The van der Waals surface area contributed by atoms with E-state index in [1.165, 1.54) is 0 Å². The molecular weight excluding hydrogens is 255 g/mol. The molecule has 1 aromatic heterocycles. The van der Waals surface area contributed by atoms with Crippen LogP contribution in [0.4, 0.5) is 0 Å². The zero-order valence-corrected chi connectivity index (χ0v) is 8.33. The molecule has 1 N–H and O–H groups in total. The van der Waals surface area contributed by atoms with Gasteiger partial charge < -0.3 is 4.74 Å². The molecule has 0 aromatic carbocycles. The average Bonchev–Trinajstić information content (AvgIpc) is 2.07. The summed E-state index contributed by atoms with van der Waals surface area (Å²) in [6.45, 7) is 0.831. The molecular formula is C7H9IN2O. The quantitative estimate of drug-likeness (QED) is 0.664. The lowest BCUT2D eigenvalue weighted by molar-refractivity contribution is 0.397. The molecule has 0 saturated carbocycles. The van der Waals surface area contributed by atoms with Gasteiger partial charge in [0.25, 0.3) is 0 Å². The van der Waals surface area contributed by atoms with E-state index in [1.54, 1.807) is 13.3 Å². The highest BCUT2D eigenvalue weighted by atomic mass is 127. The van der Waals surface area contributed by atoms with Crippen LogP contribution in [0.25, 0.3) is 0 Å². The number of aromatic nitrogens is 1. The molecule has 0 amide bonds. The van der Waals surface area contributed by atoms with E-state index >= 15 is 0 Å². The Kier molecular flexibility index (Phi) is 3.58. The largest absolute Gasteiger partial charge is 0.481 e. The van der Waals surface area contributed by atoms with Gasteiger partial charge in [0.1, 0.15) is 0 Å². The number of hydrogen-bond acceptors (Lipinski definition) is 3. The summed E-state index contributed by atoms with van der Waals surface area (Å²) in [7, 11) is 1.61. The Labute approximate surface area is 79.7 Å². The molecule has 1 heterocycles. The van der Waals surface area contributed by atoms with Gasteiger partial charge in [-0.1, -0.05) is 6.07 Å². The predicted octanol–water partition coefficient (Wildman–Crippen LogP) is 1.53. The highest BCUT2D eigenvalue weighted by molar-refractivity contribution is 14.1. The number of rotatable bonds is 3. The van der Waals surface area contributed by atoms with Crippen LogP contribution in [0.1, 0.15) is 5.56 Å². The normalized spacial score (nSPS) is 9.64. The maximum atomic E-state index is 4.91. The van der Waals surface area contributed by atoms with Crippen LogP contribution in [0.15, 0.2) is 18.3 Å². The fourth-order valence-corrected chi connectivity index (χ4v) is 1.15. The SMILES string of the molecule is COc1ccc(CNI)cn1. The van der Waals surface area contributed by atoms with E-state index in [2.05, 4.69) is 31.4 Å². The molecule has 3 nitrogen and oxygen atoms in total. The first-order valence-electron chi connectivity index (χ1n) is 3.19. The van der Waals surface area contributed by atoms with E-state index in [1.807, 2.05) is 12.1 Å². The smallest absolute Gasteiger partial charge is 0.212 e. The first-order chi connectivity index (χ1) is 5.36. The number of hydrogen-bond donors (Lipinski definition) is 1. The first-order valence-corrected chi connectivity index (χ1v) is 4.27. The number of pyridine rings is 1. The van der Waals surface area contributed by atoms with Crippen LogP contribution in [0.3, 0.4) is 0 Å². The van der Waals surface area contributed by atoms with Gasteiger partial charge in [-0.05, 0) is 5.56 Å². The molecule has 0 unspecified atom stereocenters. The summed E-state index contributed by atoms with van der Waals surface area (Å²) in [6.07, 6.45) is 1.80. The molecule has 11 heavy (non-hydrogen) atoms. The summed E-state index contributed by atoms with van der Waals surface area (Å²) in [5.74, 6) is 0.655. The Morgan fingerprint density at radius 3 is 2.91 bits per heavy atom. The van der Waals surface area contributed by atoms with Crippen molar-refractivity contribution < 1.29 is 4.74 Å². The van der Waals surface area contributed by atoms with Crippen LogP contribution < -0.4 is 8.27 Å². The highest BCUT2D eigenvalue weighted by Gasteiger charge is 1.92. The Bertz CT molecular complexity index is 212. The third-order valence-corrected chi connectivity index (χ3v) is 1.66. The summed E-state index contributed by atoms with van der Waals surface area (Å²) < 4.78 is 7.92. The highest BCUT2D eigenvalue weighted by Crippen LogP contribution is 2.06. The van der Waals surface area contributed by atoms with Crippen LogP contribution >= 0.6 is 22.9 Å². The number of nitrogens with one attached hydrogen (secondary N) is 1. The minimum atomic E-state index is 0.655. The van der Waals surface area contributed by atoms with Crippen LogP contribution in [0.5, 0.6) is 5.88 Å². The monoisotopic (exact) mass is 264 g/mol. The van der Waals surface area contributed by atoms with Gasteiger partial charge in [-0.25, -0.2) is 4.98 Å². The second kappa shape index (κ2) is 4.50. The first kappa shape index (κ1) is 8.73. The summed E-state index contributed by atoms with van der Waals surface area (Å²) in [5, 5.41) is 0. The van der Waals surface area contributed by atoms with Crippen LogP contribution in [0.2, 0.25) is 0 Å². The van der Waals surface area contributed by atoms with E-state index in [0.29, 0.717) is 5.88 Å². The Balaban J connectivity index is 2.66. The summed E-state index contributed by atoms with van der Waals surface area (Å²) in [4.78, 5) is 4.05. The third kappa shape index (κ3) is 2.63. The van der Waals surface area contributed by atoms with Gasteiger partial charge in [-0.15, -0.1) is 0 Å². The van der Waals surface area contributed by atoms with Crippen molar-refractivity contribution in [1.82, 2.24) is 8.51 Å². The van der Waals surface area contributed by atoms with Crippen LogP contribution in [-0.4, -0.2) is 12.1 Å². The fraction of sp³-hybridized carbons (Fsp3) is 0.286. The molecule has 4 heteroatoms. The predicted molar refractivity (Wildman–Crippen MR) is 51.6 cm³/mol. The van der Waals surface area contributed by atoms with Crippen molar-refractivity contribution >= 4 is 22.9 Å². The van der Waals surface area contributed by atoms with Gasteiger partial charge in [0, 0.05) is 41.7 Å². The summed E-state index contributed by atoms with van der Waals surface area (Å²) >= 11 is 2.10. The molecule has 0 saturated heterocycles. The lowest BCUT2D eigenvalue weighted by Gasteiger charge is -1.99. The third-order valence-electron chi connectivity index (χ3n) is 1.28. The summed E-state index contributed by atoms with van der Waals surface area (Å²) in [6, 6.07) is 3.83. The topological polar surface area (TPSA) is 34.1 Å². The lowest BCUT2D eigenvalue weighted by atomic mass is 10.3. The zero-order chi connectivity index (χ0) is 8.10. The number of ether oxygens (including phenoxy) is 1. The molecule has 0 spiro atoms. The second-order valence-corrected chi connectivity index (χ2v) is 2.78. The molecule has 60 valence electrons. The van der Waals surface area contributed by atoms with Crippen molar-refractivity contribution in [3.63, 3.8) is 0 Å². The Morgan fingerprint density at radius 2 is 2.45 bits per heavy atom. The van der Waals surface area contributed by atoms with Gasteiger partial charge in [0.15, 0.2) is 0 Å². The van der Waals surface area contributed by atoms with E-state index in [-0.39, 0.29) is 0 Å². The second-order valence-electron chi connectivity index (χ2n) is 2.02. The molecule has 1 rings (SSSR count). The molecule has 0 bridgehead atoms. The Hall–Kier alpha value is -0.360. The molecule has 1 aromatic rings. The standard InChI is InChI=1S/C7H9IN2O/c1-11-7-3-2-6(4-9-7)5-10-8/h2-4,10H,5H2,1H3. The van der Waals surface area contributed by atoms with Gasteiger partial charge in [0.2, 0.25) is 5.88 Å². The molecule has 0 aliphatic heterocycles. The van der Waals surface area contributed by atoms with Crippen molar-refractivity contribution in [3.05, 3.63) is 23.9 Å². The van der Waals surface area contributed by atoms with E-state index < -0.39 is 0 Å². The maximum Gasteiger partial charge on any atom is 0.212 e. The van der Waals surface area contributed by atoms with Gasteiger partial charge >= 0.3 is 0 Å². The van der Waals surface area contributed by atoms with Crippen molar-refractivity contribution in [2.75, 3.05) is 7.11 Å². The van der Waals surface area contributed by atoms with Crippen molar-refractivity contribution in [1.29, 1.82) is 0 Å². The average molecular weight is 264 g/mol. The minimum Gasteiger partial charge on any atom is -0.481 e. The molecule has 0 fully saturated rings. The van der Waals surface area contributed by atoms with Crippen LogP contribution in [0, 0.1) is 0 Å². The van der Waals surface area contributed by atoms with E-state index in [4.69, 9.17) is 4.74 Å². The molecule has 0 atom stereocenters. The number of nitrogens with zero attached hydrogens (tertiary/aromatic N) is 1. The van der Waals surface area contributed by atoms with Gasteiger partial charge in [-0.3, -0.25) is 3.53 Å². The fourth-order valence-electron chi connectivity index (χ4n) is 0.713. The molecule has 0 aliphatic carbocycles. The molecule has 0 radical (unpaired) electrons. The van der Waals surface area contributed by atoms with Crippen LogP contribution in [-0.2, 0) is 6.54 Å². The number of halogens is 1. The van der Waals surface area contributed by atoms with Gasteiger partial charge in [-0.2, -0.15) is 0 Å². The lowest BCUT2D eigenvalue weighted by Crippen LogP contribution is -1.98. The van der Waals surface area contributed by atoms with E-state index in [0.717, 1.165) is 12.1 Å². The number of methoxy groups -OCH3 is 1. The zero-order valence-electron chi connectivity index (χ0n) is 6.17. The summed E-state index contributed by atoms with van der Waals surface area (Å²) in [5.41, 5.74) is 1.15. The minimum absolute atomic E-state index is 0.655. The molecule has 0 aliphatic rings. The van der Waals surface area contributed by atoms with Crippen molar-refractivity contribution in [2.24, 2.45) is 0 Å². The maximum absolute atomic E-state index is 4.91. The van der Waals surface area contributed by atoms with E-state index in [9.17, 15) is 0 Å². The van der Waals surface area contributed by atoms with Crippen molar-refractivity contribution in [3.8, 4) is 5.88 Å². The van der Waals surface area contributed by atoms with Gasteiger partial charge in [0.05, 0.1) is 7.11 Å².